The highest BCUT2D eigenvalue weighted by molar-refractivity contribution is 4.57. The van der Waals surface area contributed by atoms with Gasteiger partial charge in [-0.3, -0.25) is 0 Å². The third-order valence-electron chi connectivity index (χ3n) is 4.27. The van der Waals surface area contributed by atoms with Crippen LogP contribution in [0.1, 0.15) is 74.1 Å². The minimum Gasteiger partial charge on any atom is -0.394 e. The second-order valence-electron chi connectivity index (χ2n) is 7.17. The van der Waals surface area contributed by atoms with Gasteiger partial charge in [0.15, 0.2) is 25.2 Å². The van der Waals surface area contributed by atoms with Crippen LogP contribution in [0.25, 0.3) is 0 Å². The normalized spacial score (nSPS) is 18.4. The molecule has 0 fully saturated rings. The maximum atomic E-state index is 8.74. The summed E-state index contributed by atoms with van der Waals surface area (Å²) in [5.41, 5.74) is 0. The van der Waals surface area contributed by atoms with Gasteiger partial charge in [-0.05, 0) is 47.0 Å². The van der Waals surface area contributed by atoms with E-state index in [1.165, 1.54) is 19.3 Å². The highest BCUT2D eigenvalue weighted by Gasteiger charge is 2.17. The van der Waals surface area contributed by atoms with Crippen LogP contribution in [-0.4, -0.2) is 62.8 Å². The number of rotatable bonds is 19. The molecule has 0 heterocycles. The van der Waals surface area contributed by atoms with Crippen molar-refractivity contribution in [2.24, 2.45) is 5.92 Å². The Hall–Kier alpha value is -0.280. The molecule has 0 spiro atoms. The van der Waals surface area contributed by atoms with Crippen LogP contribution in [0.2, 0.25) is 0 Å². The summed E-state index contributed by atoms with van der Waals surface area (Å²) in [5.74, 6) is 0.625. The fourth-order valence-corrected chi connectivity index (χ4v) is 2.83. The summed E-state index contributed by atoms with van der Waals surface area (Å²) in [6.07, 6.45) is 2.89. The Morgan fingerprint density at radius 2 is 1.32 bits per heavy atom. The van der Waals surface area contributed by atoms with Gasteiger partial charge in [0.1, 0.15) is 0 Å². The highest BCUT2D eigenvalue weighted by Crippen LogP contribution is 2.14. The largest absolute Gasteiger partial charge is 0.394 e. The maximum absolute atomic E-state index is 8.74. The number of aliphatic hydroxyl groups excluding tert-OH is 1. The van der Waals surface area contributed by atoms with Crippen molar-refractivity contribution in [1.29, 1.82) is 0 Å². The van der Waals surface area contributed by atoms with Gasteiger partial charge in [-0.15, -0.1) is 0 Å². The first kappa shape index (κ1) is 27.7. The third-order valence-corrected chi connectivity index (χ3v) is 4.27. The Bertz CT molecular complexity index is 343. The second-order valence-corrected chi connectivity index (χ2v) is 7.17. The summed E-state index contributed by atoms with van der Waals surface area (Å²) < 4.78 is 33.7. The summed E-state index contributed by atoms with van der Waals surface area (Å²) in [6.45, 7) is 15.1. The van der Waals surface area contributed by atoms with Crippen LogP contribution in [0.3, 0.4) is 0 Å². The summed E-state index contributed by atoms with van der Waals surface area (Å²) >= 11 is 0. The number of aliphatic hydroxyl groups is 1. The van der Waals surface area contributed by atoms with Crippen molar-refractivity contribution in [1.82, 2.24) is 0 Å². The first-order chi connectivity index (χ1) is 13.3. The summed E-state index contributed by atoms with van der Waals surface area (Å²) in [7, 11) is 0. The van der Waals surface area contributed by atoms with Crippen molar-refractivity contribution in [2.75, 3.05) is 26.4 Å². The van der Waals surface area contributed by atoms with Crippen molar-refractivity contribution in [3.05, 3.63) is 0 Å². The van der Waals surface area contributed by atoms with E-state index in [2.05, 4.69) is 13.8 Å². The molecular weight excluding hydrogens is 364 g/mol. The van der Waals surface area contributed by atoms with Gasteiger partial charge in [0.2, 0.25) is 0 Å². The predicted molar refractivity (Wildman–Crippen MR) is 109 cm³/mol. The first-order valence-corrected chi connectivity index (χ1v) is 10.7. The quantitative estimate of drug-likeness (QED) is 0.323. The van der Waals surface area contributed by atoms with Gasteiger partial charge in [-0.1, -0.05) is 33.1 Å². The maximum Gasteiger partial charge on any atom is 0.161 e. The highest BCUT2D eigenvalue weighted by atomic mass is 16.8. The fourth-order valence-electron chi connectivity index (χ4n) is 2.83. The average molecular weight is 409 g/mol. The van der Waals surface area contributed by atoms with Crippen molar-refractivity contribution >= 4 is 0 Å². The number of ether oxygens (including phenoxy) is 6. The van der Waals surface area contributed by atoms with E-state index in [-0.39, 0.29) is 19.3 Å². The van der Waals surface area contributed by atoms with Crippen LogP contribution in [0.15, 0.2) is 0 Å². The molecule has 0 rings (SSSR count). The molecule has 0 saturated carbocycles. The van der Waals surface area contributed by atoms with E-state index in [0.29, 0.717) is 12.5 Å². The minimum atomic E-state index is -0.509. The molecule has 7 heteroatoms. The third kappa shape index (κ3) is 15.6. The lowest BCUT2D eigenvalue weighted by Crippen LogP contribution is -2.32. The Kier molecular flexibility index (Phi) is 17.4. The summed E-state index contributed by atoms with van der Waals surface area (Å²) in [4.78, 5) is 0. The number of unbranched alkanes of at least 4 members (excludes halogenated alkanes) is 1. The molecule has 170 valence electrons. The zero-order valence-electron chi connectivity index (χ0n) is 19.0. The molecule has 0 aromatic carbocycles. The molecule has 0 aliphatic rings. The van der Waals surface area contributed by atoms with Crippen molar-refractivity contribution < 1.29 is 33.5 Å². The Labute approximate surface area is 172 Å². The molecule has 0 aliphatic carbocycles. The number of hydrogen-bond acceptors (Lipinski definition) is 7. The molecule has 28 heavy (non-hydrogen) atoms. The SMILES string of the molecule is CCCCC(CC)COCC(C)OC(C)OC(C)OC(C)OC(C)OCCO. The van der Waals surface area contributed by atoms with Crippen LogP contribution >= 0.6 is 0 Å². The molecule has 0 aromatic rings. The van der Waals surface area contributed by atoms with Crippen molar-refractivity contribution in [3.8, 4) is 0 Å². The average Bonchev–Trinajstić information content (AvgIpc) is 2.62. The summed E-state index contributed by atoms with van der Waals surface area (Å²) in [5, 5.41) is 8.74. The molecule has 0 aromatic heterocycles. The molecule has 1 N–H and O–H groups in total. The van der Waals surface area contributed by atoms with Crippen LogP contribution in [0.5, 0.6) is 0 Å². The van der Waals surface area contributed by atoms with E-state index in [9.17, 15) is 0 Å². The van der Waals surface area contributed by atoms with Crippen LogP contribution in [0.4, 0.5) is 0 Å². The molecule has 7 nitrogen and oxygen atoms in total. The Morgan fingerprint density at radius 3 is 1.86 bits per heavy atom. The van der Waals surface area contributed by atoms with E-state index in [1.807, 2.05) is 13.8 Å². The Morgan fingerprint density at radius 1 is 0.750 bits per heavy atom. The van der Waals surface area contributed by atoms with E-state index in [0.717, 1.165) is 13.0 Å². The van der Waals surface area contributed by atoms with E-state index in [1.54, 1.807) is 20.8 Å². The number of hydrogen-bond donors (Lipinski definition) is 1. The van der Waals surface area contributed by atoms with E-state index >= 15 is 0 Å². The van der Waals surface area contributed by atoms with Gasteiger partial charge in [-0.2, -0.15) is 0 Å². The monoisotopic (exact) mass is 408 g/mol. The van der Waals surface area contributed by atoms with Crippen LogP contribution in [-0.2, 0) is 28.4 Å². The summed E-state index contributed by atoms with van der Waals surface area (Å²) in [6, 6.07) is 0. The fraction of sp³-hybridized carbons (Fsp3) is 1.00. The van der Waals surface area contributed by atoms with Crippen molar-refractivity contribution in [3.63, 3.8) is 0 Å². The van der Waals surface area contributed by atoms with Crippen LogP contribution in [0, 0.1) is 5.92 Å². The standard InChI is InChI=1S/C21H44O7/c1-8-10-11-21(9-2)15-23-14-16(3)25-18(5)27-20(7)28-19(6)26-17(4)24-13-12-22/h16-22H,8-15H2,1-7H3. The smallest absolute Gasteiger partial charge is 0.161 e. The van der Waals surface area contributed by atoms with Gasteiger partial charge in [0.05, 0.1) is 25.9 Å². The predicted octanol–water partition coefficient (Wildman–Crippen LogP) is 4.07. The van der Waals surface area contributed by atoms with Gasteiger partial charge < -0.3 is 33.5 Å². The zero-order valence-corrected chi connectivity index (χ0v) is 19.0. The molecule has 0 bridgehead atoms. The van der Waals surface area contributed by atoms with Gasteiger partial charge in [0.25, 0.3) is 0 Å². The Balaban J connectivity index is 3.96. The molecule has 0 aliphatic heterocycles. The first-order valence-electron chi connectivity index (χ1n) is 10.7. The lowest BCUT2D eigenvalue weighted by Gasteiger charge is -2.26. The molecule has 0 radical (unpaired) electrons. The topological polar surface area (TPSA) is 75.6 Å². The van der Waals surface area contributed by atoms with Crippen molar-refractivity contribution in [2.45, 2.75) is 105 Å². The van der Waals surface area contributed by atoms with Crippen LogP contribution < -0.4 is 0 Å². The molecule has 0 amide bonds. The van der Waals surface area contributed by atoms with Gasteiger partial charge in [0, 0.05) is 6.61 Å². The minimum absolute atomic E-state index is 0.0446. The van der Waals surface area contributed by atoms with Gasteiger partial charge in [-0.25, -0.2) is 0 Å². The molecule has 6 atom stereocenters. The lowest BCUT2D eigenvalue weighted by atomic mass is 10.0. The van der Waals surface area contributed by atoms with Gasteiger partial charge >= 0.3 is 0 Å². The van der Waals surface area contributed by atoms with E-state index in [4.69, 9.17) is 33.5 Å². The lowest BCUT2D eigenvalue weighted by molar-refractivity contribution is -0.310. The molecule has 6 unspecified atom stereocenters. The van der Waals surface area contributed by atoms with E-state index < -0.39 is 25.2 Å². The molecule has 0 saturated heterocycles. The zero-order chi connectivity index (χ0) is 21.4. The molecular formula is C21H44O7. The second kappa shape index (κ2) is 17.6.